The number of likely N-dealkylation sites (tertiary alicyclic amines) is 1. The molecule has 1 aliphatic heterocycles. The zero-order chi connectivity index (χ0) is 11.0. The van der Waals surface area contributed by atoms with Gasteiger partial charge in [-0.2, -0.15) is 0 Å². The molecule has 0 radical (unpaired) electrons. The molecule has 2 heteroatoms. The first-order valence-corrected chi connectivity index (χ1v) is 5.61. The molecule has 1 aliphatic rings. The lowest BCUT2D eigenvalue weighted by atomic mass is 9.77. The van der Waals surface area contributed by atoms with Gasteiger partial charge in [-0.3, -0.25) is 4.90 Å². The molecule has 1 atom stereocenters. The first-order valence-electron chi connectivity index (χ1n) is 5.61. The van der Waals surface area contributed by atoms with E-state index in [1.54, 1.807) is 6.92 Å². The van der Waals surface area contributed by atoms with Crippen LogP contribution in [0, 0.1) is 11.3 Å². The molecule has 1 rings (SSSR count). The Hall–Kier alpha value is -0.110. The Kier molecular flexibility index (Phi) is 3.25. The summed E-state index contributed by atoms with van der Waals surface area (Å²) < 4.78 is 14.0. The molecule has 0 unspecified atom stereocenters. The lowest BCUT2D eigenvalue weighted by Gasteiger charge is -2.45. The predicted octanol–water partition coefficient (Wildman–Crippen LogP) is 3.10. The first-order chi connectivity index (χ1) is 6.20. The molecule has 1 fully saturated rings. The molecule has 1 heterocycles. The van der Waals surface area contributed by atoms with Gasteiger partial charge in [-0.1, -0.05) is 27.7 Å². The van der Waals surface area contributed by atoms with Gasteiger partial charge in [0.15, 0.2) is 0 Å². The van der Waals surface area contributed by atoms with Gasteiger partial charge in [0.25, 0.3) is 0 Å². The van der Waals surface area contributed by atoms with E-state index in [-0.39, 0.29) is 5.41 Å². The van der Waals surface area contributed by atoms with Crippen molar-refractivity contribution < 1.29 is 4.39 Å². The average Bonchev–Trinajstić information content (AvgIpc) is 1.74. The molecule has 0 spiro atoms. The van der Waals surface area contributed by atoms with Crippen LogP contribution in [0.2, 0.25) is 0 Å². The fraction of sp³-hybridized carbons (Fsp3) is 1.00. The Labute approximate surface area is 87.7 Å². The molecule has 0 saturated carbocycles. The lowest BCUT2D eigenvalue weighted by Crippen LogP contribution is -2.52. The maximum absolute atomic E-state index is 14.0. The van der Waals surface area contributed by atoms with E-state index in [1.807, 2.05) is 0 Å². The van der Waals surface area contributed by atoms with E-state index in [2.05, 4.69) is 32.6 Å². The smallest absolute Gasteiger partial charge is 0.121 e. The van der Waals surface area contributed by atoms with Crippen molar-refractivity contribution in [3.8, 4) is 0 Å². The average molecular weight is 201 g/mol. The minimum absolute atomic E-state index is 0.122. The topological polar surface area (TPSA) is 3.24 Å². The Balaban J connectivity index is 2.62. The van der Waals surface area contributed by atoms with Crippen LogP contribution in [-0.4, -0.2) is 30.2 Å². The molecule has 14 heavy (non-hydrogen) atoms. The lowest BCUT2D eigenvalue weighted by molar-refractivity contribution is -0.0125. The summed E-state index contributed by atoms with van der Waals surface area (Å²) in [7, 11) is 0. The molecule has 0 aromatic carbocycles. The molecule has 0 aliphatic carbocycles. The largest absolute Gasteiger partial charge is 0.299 e. The van der Waals surface area contributed by atoms with Gasteiger partial charge in [0.05, 0.1) is 0 Å². The Bertz CT molecular complexity index is 180. The quantitative estimate of drug-likeness (QED) is 0.663. The third kappa shape index (κ3) is 3.56. The predicted molar refractivity (Wildman–Crippen MR) is 59.2 cm³/mol. The first kappa shape index (κ1) is 12.0. The molecule has 0 N–H and O–H groups in total. The Morgan fingerprint density at radius 1 is 1.21 bits per heavy atom. The van der Waals surface area contributed by atoms with Crippen LogP contribution >= 0.6 is 0 Å². The highest BCUT2D eigenvalue weighted by Crippen LogP contribution is 2.36. The van der Waals surface area contributed by atoms with Gasteiger partial charge >= 0.3 is 0 Å². The highest BCUT2D eigenvalue weighted by Gasteiger charge is 2.40. The molecular weight excluding hydrogens is 177 g/mol. The van der Waals surface area contributed by atoms with Crippen molar-refractivity contribution in [3.05, 3.63) is 0 Å². The fourth-order valence-corrected chi connectivity index (χ4v) is 2.88. The van der Waals surface area contributed by atoms with Crippen LogP contribution in [0.15, 0.2) is 0 Å². The number of nitrogens with zero attached hydrogens (tertiary/aromatic N) is 1. The zero-order valence-corrected chi connectivity index (χ0v) is 10.2. The normalized spacial score (nSPS) is 33.6. The van der Waals surface area contributed by atoms with E-state index in [4.69, 9.17) is 0 Å². The SMILES string of the molecule is CC(C)CN1CC(C)(C)C[C@@](C)(F)C1. The summed E-state index contributed by atoms with van der Waals surface area (Å²) in [5.74, 6) is 0.625. The zero-order valence-electron chi connectivity index (χ0n) is 10.2. The van der Waals surface area contributed by atoms with Gasteiger partial charge in [-0.05, 0) is 24.7 Å². The van der Waals surface area contributed by atoms with E-state index in [1.165, 1.54) is 0 Å². The van der Waals surface area contributed by atoms with Crippen LogP contribution in [0.5, 0.6) is 0 Å². The van der Waals surface area contributed by atoms with Crippen LogP contribution in [0.3, 0.4) is 0 Å². The maximum Gasteiger partial charge on any atom is 0.121 e. The second-order valence-corrected chi connectivity index (χ2v) is 6.32. The third-order valence-electron chi connectivity index (χ3n) is 2.68. The summed E-state index contributed by atoms with van der Waals surface area (Å²) in [5.41, 5.74) is -0.882. The molecule has 0 aromatic heterocycles. The van der Waals surface area contributed by atoms with E-state index in [0.717, 1.165) is 13.1 Å². The summed E-state index contributed by atoms with van der Waals surface area (Å²) in [5, 5.41) is 0. The van der Waals surface area contributed by atoms with Gasteiger partial charge in [0.2, 0.25) is 0 Å². The summed E-state index contributed by atoms with van der Waals surface area (Å²) in [6.45, 7) is 13.1. The minimum Gasteiger partial charge on any atom is -0.299 e. The molecule has 0 bridgehead atoms. The molecule has 1 nitrogen and oxygen atoms in total. The molecular formula is C12H24FN. The minimum atomic E-state index is -1.00. The second kappa shape index (κ2) is 3.80. The summed E-state index contributed by atoms with van der Waals surface area (Å²) >= 11 is 0. The number of halogens is 1. The highest BCUT2D eigenvalue weighted by molar-refractivity contribution is 4.92. The van der Waals surface area contributed by atoms with Crippen LogP contribution in [-0.2, 0) is 0 Å². The van der Waals surface area contributed by atoms with Gasteiger partial charge in [-0.25, -0.2) is 4.39 Å². The van der Waals surface area contributed by atoms with Crippen molar-refractivity contribution in [1.29, 1.82) is 0 Å². The van der Waals surface area contributed by atoms with Crippen LogP contribution in [0.25, 0.3) is 0 Å². The Morgan fingerprint density at radius 3 is 2.21 bits per heavy atom. The van der Waals surface area contributed by atoms with E-state index in [9.17, 15) is 4.39 Å². The van der Waals surface area contributed by atoms with E-state index in [0.29, 0.717) is 18.9 Å². The van der Waals surface area contributed by atoms with Gasteiger partial charge < -0.3 is 0 Å². The summed E-state index contributed by atoms with van der Waals surface area (Å²) in [6.07, 6.45) is 0.689. The van der Waals surface area contributed by atoms with Crippen molar-refractivity contribution in [3.63, 3.8) is 0 Å². The third-order valence-corrected chi connectivity index (χ3v) is 2.68. The number of piperidine rings is 1. The van der Waals surface area contributed by atoms with E-state index >= 15 is 0 Å². The van der Waals surface area contributed by atoms with Crippen molar-refractivity contribution in [1.82, 2.24) is 4.90 Å². The Morgan fingerprint density at radius 2 is 1.79 bits per heavy atom. The monoisotopic (exact) mass is 201 g/mol. The summed E-state index contributed by atoms with van der Waals surface area (Å²) in [6, 6.07) is 0. The van der Waals surface area contributed by atoms with Crippen molar-refractivity contribution in [2.45, 2.75) is 46.7 Å². The maximum atomic E-state index is 14.0. The highest BCUT2D eigenvalue weighted by atomic mass is 19.1. The van der Waals surface area contributed by atoms with Crippen molar-refractivity contribution >= 4 is 0 Å². The van der Waals surface area contributed by atoms with Gasteiger partial charge in [0, 0.05) is 19.6 Å². The van der Waals surface area contributed by atoms with Gasteiger partial charge in [0.1, 0.15) is 5.67 Å². The van der Waals surface area contributed by atoms with Crippen LogP contribution < -0.4 is 0 Å². The summed E-state index contributed by atoms with van der Waals surface area (Å²) in [4.78, 5) is 2.27. The molecule has 1 saturated heterocycles. The standard InChI is InChI=1S/C12H24FN/c1-10(2)6-14-8-11(3,4)7-12(5,13)9-14/h10H,6-9H2,1-5H3/t12-/m1/s1. The van der Waals surface area contributed by atoms with Crippen LogP contribution in [0.4, 0.5) is 4.39 Å². The number of hydrogen-bond acceptors (Lipinski definition) is 1. The number of rotatable bonds is 2. The number of alkyl halides is 1. The second-order valence-electron chi connectivity index (χ2n) is 6.32. The molecule has 0 amide bonds. The molecule has 84 valence electrons. The van der Waals surface area contributed by atoms with E-state index < -0.39 is 5.67 Å². The van der Waals surface area contributed by atoms with Crippen molar-refractivity contribution in [2.24, 2.45) is 11.3 Å². The molecule has 0 aromatic rings. The van der Waals surface area contributed by atoms with Crippen molar-refractivity contribution in [2.75, 3.05) is 19.6 Å². The number of hydrogen-bond donors (Lipinski definition) is 0. The van der Waals surface area contributed by atoms with Crippen LogP contribution in [0.1, 0.15) is 41.0 Å². The van der Waals surface area contributed by atoms with Gasteiger partial charge in [-0.15, -0.1) is 0 Å². The fourth-order valence-electron chi connectivity index (χ4n) is 2.88.